The Labute approximate surface area is 109 Å². The average molecular weight is 246 g/mol. The van der Waals surface area contributed by atoms with Crippen molar-refractivity contribution in [2.45, 2.75) is 51.9 Å². The van der Waals surface area contributed by atoms with E-state index in [2.05, 4.69) is 38.1 Å². The molecule has 0 aromatic heterocycles. The summed E-state index contributed by atoms with van der Waals surface area (Å²) >= 11 is 0. The highest BCUT2D eigenvalue weighted by atomic mass is 16.4. The summed E-state index contributed by atoms with van der Waals surface area (Å²) in [5.41, 5.74) is 2.62. The molecule has 1 saturated carbocycles. The predicted molar refractivity (Wildman–Crippen MR) is 72.7 cm³/mol. The lowest BCUT2D eigenvalue weighted by Crippen LogP contribution is -2.27. The summed E-state index contributed by atoms with van der Waals surface area (Å²) in [5, 5.41) is 9.02. The lowest BCUT2D eigenvalue weighted by molar-refractivity contribution is -0.140. The van der Waals surface area contributed by atoms with Crippen LogP contribution in [0.15, 0.2) is 24.3 Å². The first-order valence-corrected chi connectivity index (χ1v) is 6.77. The highest BCUT2D eigenvalue weighted by molar-refractivity contribution is 5.67. The van der Waals surface area contributed by atoms with Gasteiger partial charge in [-0.15, -0.1) is 0 Å². The summed E-state index contributed by atoms with van der Waals surface area (Å²) < 4.78 is 0. The zero-order chi connectivity index (χ0) is 13.2. The maximum atomic E-state index is 11.0. The number of benzene rings is 1. The minimum absolute atomic E-state index is 0.0281. The Morgan fingerprint density at radius 3 is 2.67 bits per heavy atom. The fourth-order valence-electron chi connectivity index (χ4n) is 3.22. The predicted octanol–water partition coefficient (Wildman–Crippen LogP) is 4.13. The van der Waals surface area contributed by atoms with Gasteiger partial charge in [-0.2, -0.15) is 0 Å². The standard InChI is InChI=1S/C16H22O2/c1-12-5-7-13(8-6-12)14-4-3-9-16(2,10-14)11-15(17)18/h5-8,14H,3-4,9-11H2,1-2H3,(H,17,18). The molecule has 1 N–H and O–H groups in total. The van der Waals surface area contributed by atoms with Gasteiger partial charge in [-0.25, -0.2) is 0 Å². The van der Waals surface area contributed by atoms with Gasteiger partial charge in [0.1, 0.15) is 0 Å². The van der Waals surface area contributed by atoms with Gasteiger partial charge in [0.15, 0.2) is 0 Å². The quantitative estimate of drug-likeness (QED) is 0.870. The van der Waals surface area contributed by atoms with Gasteiger partial charge < -0.3 is 5.11 Å². The van der Waals surface area contributed by atoms with Crippen LogP contribution in [-0.4, -0.2) is 11.1 Å². The molecule has 1 aliphatic carbocycles. The van der Waals surface area contributed by atoms with Gasteiger partial charge in [-0.05, 0) is 43.1 Å². The van der Waals surface area contributed by atoms with E-state index in [0.29, 0.717) is 12.3 Å². The summed E-state index contributed by atoms with van der Waals surface area (Å²) in [6.45, 7) is 4.22. The lowest BCUT2D eigenvalue weighted by Gasteiger charge is -2.37. The maximum Gasteiger partial charge on any atom is 0.303 e. The molecule has 98 valence electrons. The number of carboxylic acid groups (broad SMARTS) is 1. The van der Waals surface area contributed by atoms with Crippen molar-refractivity contribution < 1.29 is 9.90 Å². The van der Waals surface area contributed by atoms with Crippen molar-refractivity contribution in [1.29, 1.82) is 0 Å². The van der Waals surface area contributed by atoms with Crippen LogP contribution in [0.2, 0.25) is 0 Å². The molecule has 0 spiro atoms. The summed E-state index contributed by atoms with van der Waals surface area (Å²) in [5.74, 6) is -0.134. The Morgan fingerprint density at radius 2 is 2.06 bits per heavy atom. The number of carboxylic acids is 1. The number of hydrogen-bond acceptors (Lipinski definition) is 1. The first kappa shape index (κ1) is 13.1. The van der Waals surface area contributed by atoms with Crippen LogP contribution < -0.4 is 0 Å². The van der Waals surface area contributed by atoms with Gasteiger partial charge in [0.05, 0.1) is 6.42 Å². The Morgan fingerprint density at radius 1 is 1.39 bits per heavy atom. The molecule has 1 aromatic rings. The van der Waals surface area contributed by atoms with Crippen LogP contribution >= 0.6 is 0 Å². The summed E-state index contributed by atoms with van der Waals surface area (Å²) in [7, 11) is 0. The highest BCUT2D eigenvalue weighted by Gasteiger charge is 2.34. The second kappa shape index (κ2) is 5.13. The molecule has 0 aliphatic heterocycles. The van der Waals surface area contributed by atoms with E-state index in [4.69, 9.17) is 5.11 Å². The third-order valence-electron chi connectivity index (χ3n) is 4.20. The fourth-order valence-corrected chi connectivity index (χ4v) is 3.22. The zero-order valence-electron chi connectivity index (χ0n) is 11.3. The van der Waals surface area contributed by atoms with Crippen LogP contribution in [0.3, 0.4) is 0 Å². The minimum atomic E-state index is -0.665. The average Bonchev–Trinajstić information content (AvgIpc) is 2.28. The molecule has 2 heteroatoms. The number of hydrogen-bond donors (Lipinski definition) is 1. The summed E-state index contributed by atoms with van der Waals surface area (Å²) in [4.78, 5) is 11.0. The molecule has 2 atom stereocenters. The zero-order valence-corrected chi connectivity index (χ0v) is 11.3. The fraction of sp³-hybridized carbons (Fsp3) is 0.562. The number of aliphatic carboxylic acids is 1. The van der Waals surface area contributed by atoms with Crippen LogP contribution in [-0.2, 0) is 4.79 Å². The Bertz CT molecular complexity index is 421. The van der Waals surface area contributed by atoms with E-state index in [0.717, 1.165) is 19.3 Å². The van der Waals surface area contributed by atoms with Gasteiger partial charge in [0.2, 0.25) is 0 Å². The van der Waals surface area contributed by atoms with E-state index in [1.54, 1.807) is 0 Å². The van der Waals surface area contributed by atoms with Crippen molar-refractivity contribution >= 4 is 5.97 Å². The van der Waals surface area contributed by atoms with E-state index in [1.807, 2.05) is 0 Å². The molecule has 0 heterocycles. The molecule has 0 amide bonds. The van der Waals surface area contributed by atoms with Crippen molar-refractivity contribution in [3.8, 4) is 0 Å². The molecule has 18 heavy (non-hydrogen) atoms. The first-order chi connectivity index (χ1) is 8.48. The molecule has 1 aromatic carbocycles. The smallest absolute Gasteiger partial charge is 0.303 e. The molecular formula is C16H22O2. The molecule has 2 unspecified atom stereocenters. The van der Waals surface area contributed by atoms with Gasteiger partial charge in [0.25, 0.3) is 0 Å². The third-order valence-corrected chi connectivity index (χ3v) is 4.20. The Hall–Kier alpha value is -1.31. The summed E-state index contributed by atoms with van der Waals surface area (Å²) in [6.07, 6.45) is 4.68. The second-order valence-corrected chi connectivity index (χ2v) is 6.09. The SMILES string of the molecule is Cc1ccc(C2CCCC(C)(CC(=O)O)C2)cc1. The van der Waals surface area contributed by atoms with Crippen LogP contribution in [0.4, 0.5) is 0 Å². The van der Waals surface area contributed by atoms with Crippen LogP contribution in [0.5, 0.6) is 0 Å². The van der Waals surface area contributed by atoms with E-state index in [1.165, 1.54) is 17.5 Å². The Kier molecular flexibility index (Phi) is 3.74. The van der Waals surface area contributed by atoms with Crippen molar-refractivity contribution in [3.63, 3.8) is 0 Å². The van der Waals surface area contributed by atoms with Crippen LogP contribution in [0, 0.1) is 12.3 Å². The molecular weight excluding hydrogens is 224 g/mol. The first-order valence-electron chi connectivity index (χ1n) is 6.77. The second-order valence-electron chi connectivity index (χ2n) is 6.09. The summed E-state index contributed by atoms with van der Waals surface area (Å²) in [6, 6.07) is 8.70. The van der Waals surface area contributed by atoms with Crippen molar-refractivity contribution in [1.82, 2.24) is 0 Å². The van der Waals surface area contributed by atoms with E-state index >= 15 is 0 Å². The number of rotatable bonds is 3. The van der Waals surface area contributed by atoms with Gasteiger partial charge in [-0.1, -0.05) is 43.2 Å². The van der Waals surface area contributed by atoms with Gasteiger partial charge >= 0.3 is 5.97 Å². The normalized spacial score (nSPS) is 28.0. The van der Waals surface area contributed by atoms with Gasteiger partial charge in [-0.3, -0.25) is 4.79 Å². The molecule has 0 radical (unpaired) electrons. The number of carbonyl (C=O) groups is 1. The van der Waals surface area contributed by atoms with Crippen molar-refractivity contribution in [2.75, 3.05) is 0 Å². The monoisotopic (exact) mass is 246 g/mol. The minimum Gasteiger partial charge on any atom is -0.481 e. The molecule has 0 saturated heterocycles. The van der Waals surface area contributed by atoms with Crippen LogP contribution in [0.1, 0.15) is 56.1 Å². The molecule has 1 aliphatic rings. The molecule has 0 bridgehead atoms. The third kappa shape index (κ3) is 3.12. The van der Waals surface area contributed by atoms with Crippen molar-refractivity contribution in [2.24, 2.45) is 5.41 Å². The van der Waals surface area contributed by atoms with Gasteiger partial charge in [0, 0.05) is 0 Å². The van der Waals surface area contributed by atoms with Crippen LogP contribution in [0.25, 0.3) is 0 Å². The Balaban J connectivity index is 2.11. The highest BCUT2D eigenvalue weighted by Crippen LogP contribution is 2.45. The van der Waals surface area contributed by atoms with E-state index in [-0.39, 0.29) is 5.41 Å². The molecule has 2 nitrogen and oxygen atoms in total. The number of aryl methyl sites for hydroxylation is 1. The molecule has 1 fully saturated rings. The largest absolute Gasteiger partial charge is 0.481 e. The van der Waals surface area contributed by atoms with E-state index < -0.39 is 5.97 Å². The lowest BCUT2D eigenvalue weighted by atomic mass is 9.67. The maximum absolute atomic E-state index is 11.0. The van der Waals surface area contributed by atoms with Crippen molar-refractivity contribution in [3.05, 3.63) is 35.4 Å². The topological polar surface area (TPSA) is 37.3 Å². The molecule has 2 rings (SSSR count). The van der Waals surface area contributed by atoms with E-state index in [9.17, 15) is 4.79 Å².